The van der Waals surface area contributed by atoms with Gasteiger partial charge in [-0.05, 0) is 49.6 Å². The van der Waals surface area contributed by atoms with Crippen molar-refractivity contribution >= 4 is 22.9 Å². The van der Waals surface area contributed by atoms with Gasteiger partial charge >= 0.3 is 0 Å². The van der Waals surface area contributed by atoms with E-state index in [0.717, 1.165) is 11.4 Å². The van der Waals surface area contributed by atoms with Crippen molar-refractivity contribution < 1.29 is 9.53 Å². The number of nitrogens with one attached hydrogen (secondary N) is 1. The summed E-state index contributed by atoms with van der Waals surface area (Å²) in [6.07, 6.45) is 3.18. The number of aromatic nitrogens is 4. The van der Waals surface area contributed by atoms with E-state index in [4.69, 9.17) is 4.74 Å². The number of ether oxygens (including phenoxy) is 1. The molecule has 1 amide bonds. The summed E-state index contributed by atoms with van der Waals surface area (Å²) in [6, 6.07) is 12.5. The van der Waals surface area contributed by atoms with Crippen LogP contribution in [-0.2, 0) is 0 Å². The zero-order valence-electron chi connectivity index (χ0n) is 15.3. The van der Waals surface area contributed by atoms with Gasteiger partial charge < -0.3 is 10.1 Å². The zero-order chi connectivity index (χ0) is 19.5. The summed E-state index contributed by atoms with van der Waals surface area (Å²) in [6.45, 7) is 3.93. The molecule has 0 bridgehead atoms. The van der Waals surface area contributed by atoms with Crippen LogP contribution in [0.25, 0.3) is 5.82 Å². The predicted molar refractivity (Wildman–Crippen MR) is 107 cm³/mol. The predicted octanol–water partition coefficient (Wildman–Crippen LogP) is 4.39. The first-order valence-electron chi connectivity index (χ1n) is 8.56. The minimum absolute atomic E-state index is 0.130. The van der Waals surface area contributed by atoms with E-state index >= 15 is 0 Å². The van der Waals surface area contributed by atoms with Crippen LogP contribution in [0, 0.1) is 13.8 Å². The van der Waals surface area contributed by atoms with Crippen LogP contribution in [-0.4, -0.2) is 25.4 Å². The molecular formula is C20H17N5O2S. The first-order valence-corrected chi connectivity index (χ1v) is 9.44. The van der Waals surface area contributed by atoms with Crippen LogP contribution in [0.1, 0.15) is 21.1 Å². The quantitative estimate of drug-likeness (QED) is 0.546. The number of hydrogen-bond acceptors (Lipinski definition) is 6. The number of hydrogen-bond donors (Lipinski definition) is 1. The van der Waals surface area contributed by atoms with E-state index in [1.54, 1.807) is 42.7 Å². The molecule has 8 heteroatoms. The van der Waals surface area contributed by atoms with Gasteiger partial charge in [-0.3, -0.25) is 9.36 Å². The summed E-state index contributed by atoms with van der Waals surface area (Å²) >= 11 is 1.40. The molecule has 140 valence electrons. The summed E-state index contributed by atoms with van der Waals surface area (Å²) < 4.78 is 7.71. The summed E-state index contributed by atoms with van der Waals surface area (Å²) in [4.78, 5) is 25.5. The second kappa shape index (κ2) is 7.61. The van der Waals surface area contributed by atoms with Gasteiger partial charge in [-0.25, -0.2) is 15.0 Å². The van der Waals surface area contributed by atoms with E-state index in [9.17, 15) is 4.79 Å². The number of rotatable bonds is 5. The number of benzene rings is 1. The molecule has 3 aromatic heterocycles. The van der Waals surface area contributed by atoms with Crippen LogP contribution >= 0.6 is 11.3 Å². The highest BCUT2D eigenvalue weighted by Gasteiger charge is 2.09. The third-order valence-electron chi connectivity index (χ3n) is 4.21. The van der Waals surface area contributed by atoms with Crippen molar-refractivity contribution in [3.8, 4) is 17.4 Å². The van der Waals surface area contributed by atoms with E-state index in [-0.39, 0.29) is 5.91 Å². The van der Waals surface area contributed by atoms with Crippen molar-refractivity contribution in [3.05, 3.63) is 76.8 Å². The number of thiophene rings is 1. The van der Waals surface area contributed by atoms with Crippen molar-refractivity contribution in [2.45, 2.75) is 13.8 Å². The fourth-order valence-electron chi connectivity index (χ4n) is 2.57. The average molecular weight is 391 g/mol. The molecule has 0 spiro atoms. The van der Waals surface area contributed by atoms with Crippen LogP contribution in [0.2, 0.25) is 0 Å². The fraction of sp³-hybridized carbons (Fsp3) is 0.100. The molecular weight excluding hydrogens is 374 g/mol. The monoisotopic (exact) mass is 391 g/mol. The van der Waals surface area contributed by atoms with Crippen molar-refractivity contribution in [1.29, 1.82) is 0 Å². The molecule has 0 radical (unpaired) electrons. The molecule has 0 aliphatic heterocycles. The maximum Gasteiger partial charge on any atom is 0.265 e. The van der Waals surface area contributed by atoms with E-state index in [1.165, 1.54) is 17.7 Å². The molecule has 4 rings (SSSR count). The Labute approximate surface area is 165 Å². The molecule has 4 aromatic rings. The molecule has 7 nitrogen and oxygen atoms in total. The minimum Gasteiger partial charge on any atom is -0.439 e. The van der Waals surface area contributed by atoms with Gasteiger partial charge in [0.25, 0.3) is 5.91 Å². The molecule has 0 unspecified atom stereocenters. The number of aryl methyl sites for hydroxylation is 1. The highest BCUT2D eigenvalue weighted by atomic mass is 32.1. The lowest BCUT2D eigenvalue weighted by Crippen LogP contribution is -2.09. The van der Waals surface area contributed by atoms with Gasteiger partial charge in [-0.1, -0.05) is 6.07 Å². The smallest absolute Gasteiger partial charge is 0.265 e. The summed E-state index contributed by atoms with van der Waals surface area (Å²) in [5.41, 5.74) is 2.65. The molecule has 0 saturated carbocycles. The largest absolute Gasteiger partial charge is 0.439 e. The van der Waals surface area contributed by atoms with Crippen molar-refractivity contribution in [3.63, 3.8) is 0 Å². The van der Waals surface area contributed by atoms with Gasteiger partial charge in [0.2, 0.25) is 5.88 Å². The second-order valence-electron chi connectivity index (χ2n) is 6.06. The van der Waals surface area contributed by atoms with Crippen LogP contribution < -0.4 is 10.1 Å². The topological polar surface area (TPSA) is 81.9 Å². The Kier molecular flexibility index (Phi) is 4.86. The Hall–Kier alpha value is -3.52. The highest BCUT2D eigenvalue weighted by Crippen LogP contribution is 2.23. The maximum absolute atomic E-state index is 12.1. The Balaban J connectivity index is 1.47. The maximum atomic E-state index is 12.1. The Bertz CT molecular complexity index is 1100. The molecule has 0 fully saturated rings. The van der Waals surface area contributed by atoms with Gasteiger partial charge in [-0.2, -0.15) is 0 Å². The Morgan fingerprint density at radius 2 is 1.93 bits per heavy atom. The molecule has 3 heterocycles. The van der Waals surface area contributed by atoms with E-state index in [2.05, 4.69) is 20.3 Å². The lowest BCUT2D eigenvalue weighted by molar-refractivity contribution is 0.103. The summed E-state index contributed by atoms with van der Waals surface area (Å²) in [7, 11) is 0. The zero-order valence-corrected chi connectivity index (χ0v) is 16.1. The molecule has 1 aromatic carbocycles. The number of anilines is 1. The number of imidazole rings is 1. The fourth-order valence-corrected chi connectivity index (χ4v) is 3.19. The van der Waals surface area contributed by atoms with Crippen LogP contribution in [0.4, 0.5) is 5.69 Å². The average Bonchev–Trinajstić information content (AvgIpc) is 3.35. The molecule has 0 atom stereocenters. The van der Waals surface area contributed by atoms with Gasteiger partial charge in [0.1, 0.15) is 24.2 Å². The van der Waals surface area contributed by atoms with Crippen LogP contribution in [0.5, 0.6) is 11.6 Å². The lowest BCUT2D eigenvalue weighted by atomic mass is 10.3. The SMILES string of the molecule is Cc1ncn(-c2cc(Oc3ccc(NC(=O)c4cccs4)cc3)ncn2)c1C. The summed E-state index contributed by atoms with van der Waals surface area (Å²) in [5, 5.41) is 4.72. The molecule has 0 saturated heterocycles. The van der Waals surface area contributed by atoms with E-state index in [1.807, 2.05) is 29.9 Å². The van der Waals surface area contributed by atoms with Crippen molar-refractivity contribution in [2.75, 3.05) is 5.32 Å². The third-order valence-corrected chi connectivity index (χ3v) is 5.07. The van der Waals surface area contributed by atoms with Crippen LogP contribution in [0.15, 0.2) is 60.5 Å². The van der Waals surface area contributed by atoms with E-state index < -0.39 is 0 Å². The number of carbonyl (C=O) groups excluding carboxylic acids is 1. The summed E-state index contributed by atoms with van der Waals surface area (Å²) in [5.74, 6) is 1.58. The van der Waals surface area contributed by atoms with Gasteiger partial charge in [0, 0.05) is 17.4 Å². The first-order chi connectivity index (χ1) is 13.6. The standard InChI is InChI=1S/C20H17N5O2S/c1-13-14(2)25(12-23-13)18-10-19(22-11-21-18)27-16-7-5-15(6-8-16)24-20(26)17-4-3-9-28-17/h3-12H,1-2H3,(H,24,26). The molecule has 0 aliphatic carbocycles. The van der Waals surface area contributed by atoms with Crippen LogP contribution in [0.3, 0.4) is 0 Å². The first kappa shape index (κ1) is 17.9. The van der Waals surface area contributed by atoms with Gasteiger partial charge in [0.15, 0.2) is 0 Å². The van der Waals surface area contributed by atoms with E-state index in [0.29, 0.717) is 28.0 Å². The normalized spacial score (nSPS) is 10.6. The molecule has 28 heavy (non-hydrogen) atoms. The molecule has 0 aliphatic rings. The van der Waals surface area contributed by atoms with Crippen molar-refractivity contribution in [2.24, 2.45) is 0 Å². The van der Waals surface area contributed by atoms with Crippen molar-refractivity contribution in [1.82, 2.24) is 19.5 Å². The lowest BCUT2D eigenvalue weighted by Gasteiger charge is -2.09. The Morgan fingerprint density at radius 1 is 1.11 bits per heavy atom. The minimum atomic E-state index is -0.130. The Morgan fingerprint density at radius 3 is 2.61 bits per heavy atom. The van der Waals surface area contributed by atoms with Gasteiger partial charge in [0.05, 0.1) is 10.6 Å². The molecule has 1 N–H and O–H groups in total. The second-order valence-corrected chi connectivity index (χ2v) is 7.01. The van der Waals surface area contributed by atoms with Gasteiger partial charge in [-0.15, -0.1) is 11.3 Å². The number of carbonyl (C=O) groups is 1. The third kappa shape index (κ3) is 3.77. The number of nitrogens with zero attached hydrogens (tertiary/aromatic N) is 4. The highest BCUT2D eigenvalue weighted by molar-refractivity contribution is 7.12. The number of amides is 1.